The van der Waals surface area contributed by atoms with Gasteiger partial charge < -0.3 is 15.9 Å². The van der Waals surface area contributed by atoms with Crippen LogP contribution in [-0.4, -0.2) is 52.1 Å². The van der Waals surface area contributed by atoms with Gasteiger partial charge in [-0.15, -0.1) is 0 Å². The first kappa shape index (κ1) is 22.1. The van der Waals surface area contributed by atoms with Crippen LogP contribution in [0.1, 0.15) is 52.4 Å². The van der Waals surface area contributed by atoms with Gasteiger partial charge >= 0.3 is 5.97 Å². The highest BCUT2D eigenvalue weighted by Crippen LogP contribution is 2.34. The molecular formula is C20H32N4O4. The molecule has 1 heterocycles. The summed E-state index contributed by atoms with van der Waals surface area (Å²) in [7, 11) is 0. The van der Waals surface area contributed by atoms with Crippen molar-refractivity contribution in [3.05, 3.63) is 23.5 Å². The number of carboxylic acid groups (broad SMARTS) is 1. The Morgan fingerprint density at radius 1 is 1.43 bits per heavy atom. The van der Waals surface area contributed by atoms with Crippen molar-refractivity contribution in [2.24, 2.45) is 22.6 Å². The summed E-state index contributed by atoms with van der Waals surface area (Å²) in [5, 5.41) is 23.2. The number of carboxylic acids is 1. The summed E-state index contributed by atoms with van der Waals surface area (Å²) in [5.74, 6) is -1.65. The summed E-state index contributed by atoms with van der Waals surface area (Å²) in [6.07, 6.45) is 7.94. The molecule has 2 rings (SSSR count). The van der Waals surface area contributed by atoms with Crippen LogP contribution in [0, 0.1) is 11.8 Å². The van der Waals surface area contributed by atoms with E-state index in [0.29, 0.717) is 11.5 Å². The van der Waals surface area contributed by atoms with Crippen LogP contribution in [0.25, 0.3) is 0 Å². The number of carbonyl (C=O) groups excluding carboxylic acids is 1. The maximum absolute atomic E-state index is 12.6. The molecule has 5 N–H and O–H groups in total. The third-order valence-corrected chi connectivity index (χ3v) is 5.88. The van der Waals surface area contributed by atoms with Crippen molar-refractivity contribution in [3.63, 3.8) is 0 Å². The molecule has 1 aliphatic heterocycles. The van der Waals surface area contributed by atoms with E-state index in [1.807, 2.05) is 6.92 Å². The van der Waals surface area contributed by atoms with Crippen LogP contribution in [0.15, 0.2) is 28.5 Å². The number of carbonyl (C=O) groups is 2. The van der Waals surface area contributed by atoms with Crippen LogP contribution in [0.2, 0.25) is 0 Å². The summed E-state index contributed by atoms with van der Waals surface area (Å²) in [6, 6.07) is -1.08. The minimum absolute atomic E-state index is 0.00379. The Balaban J connectivity index is 2.04. The first-order valence-electron chi connectivity index (χ1n) is 9.88. The van der Waals surface area contributed by atoms with Gasteiger partial charge in [0.25, 0.3) is 0 Å². The number of nitrogens with two attached hydrogens (primary N) is 1. The fourth-order valence-corrected chi connectivity index (χ4v) is 4.17. The van der Waals surface area contributed by atoms with Gasteiger partial charge in [-0.25, -0.2) is 9.79 Å². The predicted octanol–water partition coefficient (Wildman–Crippen LogP) is 1.57. The fraction of sp³-hybridized carbons (Fsp3) is 0.650. The summed E-state index contributed by atoms with van der Waals surface area (Å²) in [4.78, 5) is 29.0. The number of β-lactam (4-membered cyclic amide) rings is 1. The van der Waals surface area contributed by atoms with E-state index in [2.05, 4.69) is 17.0 Å². The number of allylic oxidation sites excluding steroid dienone is 3. The van der Waals surface area contributed by atoms with Crippen LogP contribution in [-0.2, 0) is 9.59 Å². The van der Waals surface area contributed by atoms with Gasteiger partial charge in [0, 0.05) is 6.04 Å². The molecule has 156 valence electrons. The first-order valence-corrected chi connectivity index (χ1v) is 9.88. The average molecular weight is 393 g/mol. The summed E-state index contributed by atoms with van der Waals surface area (Å²) >= 11 is 0. The number of aliphatic hydroxyl groups is 1. The van der Waals surface area contributed by atoms with E-state index in [0.717, 1.165) is 30.6 Å². The van der Waals surface area contributed by atoms with Crippen LogP contribution in [0.4, 0.5) is 0 Å². The van der Waals surface area contributed by atoms with E-state index < -0.39 is 24.3 Å². The van der Waals surface area contributed by atoms with E-state index in [9.17, 15) is 19.8 Å². The van der Waals surface area contributed by atoms with E-state index in [1.165, 1.54) is 6.42 Å². The van der Waals surface area contributed by atoms with Crippen LogP contribution in [0.3, 0.4) is 0 Å². The lowest BCUT2D eigenvalue weighted by Crippen LogP contribution is -2.70. The quantitative estimate of drug-likeness (QED) is 0.204. The molecular weight excluding hydrogens is 360 g/mol. The van der Waals surface area contributed by atoms with Crippen molar-refractivity contribution >= 4 is 18.6 Å². The monoisotopic (exact) mass is 392 g/mol. The van der Waals surface area contributed by atoms with Crippen molar-refractivity contribution in [3.8, 4) is 0 Å². The minimum Gasteiger partial charge on any atom is -0.480 e. The highest BCUT2D eigenvalue weighted by molar-refractivity contribution is 5.96. The molecule has 0 bridgehead atoms. The van der Waals surface area contributed by atoms with Gasteiger partial charge in [-0.1, -0.05) is 25.3 Å². The van der Waals surface area contributed by atoms with Gasteiger partial charge in [-0.2, -0.15) is 0 Å². The molecule has 28 heavy (non-hydrogen) atoms. The Hall–Kier alpha value is -2.19. The lowest BCUT2D eigenvalue weighted by Gasteiger charge is -2.48. The molecule has 1 aliphatic carbocycles. The van der Waals surface area contributed by atoms with Gasteiger partial charge in [0.15, 0.2) is 6.35 Å². The number of amides is 1. The molecule has 2 fully saturated rings. The largest absolute Gasteiger partial charge is 0.480 e. The van der Waals surface area contributed by atoms with Crippen molar-refractivity contribution in [2.45, 2.75) is 70.8 Å². The minimum atomic E-state index is -1.31. The smallest absolute Gasteiger partial charge is 0.327 e. The second kappa shape index (κ2) is 9.84. The number of likely N-dealkylation sites (tertiary alicyclic amines) is 1. The third-order valence-electron chi connectivity index (χ3n) is 5.88. The lowest BCUT2D eigenvalue weighted by atomic mass is 9.81. The number of aliphatic carboxylic acids is 1. The number of rotatable bonds is 9. The summed E-state index contributed by atoms with van der Waals surface area (Å²) in [6.45, 7) is 7.10. The molecule has 0 aromatic rings. The van der Waals surface area contributed by atoms with Gasteiger partial charge in [-0.05, 0) is 57.4 Å². The van der Waals surface area contributed by atoms with Gasteiger partial charge in [0.1, 0.15) is 11.9 Å². The maximum Gasteiger partial charge on any atom is 0.327 e. The zero-order valence-electron chi connectivity index (χ0n) is 16.7. The number of aliphatic imine (C=N–C) groups is 1. The normalized spacial score (nSPS) is 26.5. The number of hydrogen-bond acceptors (Lipinski definition) is 6. The summed E-state index contributed by atoms with van der Waals surface area (Å²) < 4.78 is 0. The zero-order valence-corrected chi connectivity index (χ0v) is 16.7. The fourth-order valence-electron chi connectivity index (χ4n) is 4.17. The average Bonchev–Trinajstić information content (AvgIpc) is 2.68. The highest BCUT2D eigenvalue weighted by Gasteiger charge is 2.54. The molecule has 4 atom stereocenters. The van der Waals surface area contributed by atoms with Crippen molar-refractivity contribution in [2.75, 3.05) is 0 Å². The molecule has 0 radical (unpaired) electrons. The van der Waals surface area contributed by atoms with E-state index in [4.69, 9.17) is 5.73 Å². The lowest BCUT2D eigenvalue weighted by molar-refractivity contribution is -0.191. The van der Waals surface area contributed by atoms with E-state index >= 15 is 0 Å². The molecule has 1 saturated heterocycles. The van der Waals surface area contributed by atoms with Crippen LogP contribution < -0.4 is 11.1 Å². The van der Waals surface area contributed by atoms with Crippen LogP contribution in [0.5, 0.6) is 0 Å². The number of hydrogen-bond donors (Lipinski definition) is 4. The third kappa shape index (κ3) is 4.99. The SMILES string of the molecule is C=N/C(N)=C\C(=C/C)C[C@H]1C(=O)N([C@H](O)N[C@H](C)C2CCCCC2)[C@@H]1C(=O)O. The molecule has 0 aromatic carbocycles. The van der Waals surface area contributed by atoms with Crippen molar-refractivity contribution < 1.29 is 19.8 Å². The summed E-state index contributed by atoms with van der Waals surface area (Å²) in [5.41, 5.74) is 6.35. The molecule has 8 heteroatoms. The highest BCUT2D eigenvalue weighted by atomic mass is 16.4. The first-order chi connectivity index (χ1) is 13.3. The Bertz CT molecular complexity index is 655. The number of aliphatic hydroxyl groups excluding tert-OH is 1. The number of nitrogens with one attached hydrogen (secondary N) is 1. The zero-order chi connectivity index (χ0) is 20.8. The molecule has 1 saturated carbocycles. The van der Waals surface area contributed by atoms with Gasteiger partial charge in [-0.3, -0.25) is 15.0 Å². The predicted molar refractivity (Wildman–Crippen MR) is 107 cm³/mol. The second-order valence-corrected chi connectivity index (χ2v) is 7.66. The molecule has 2 aliphatic rings. The Morgan fingerprint density at radius 2 is 2.07 bits per heavy atom. The molecule has 1 amide bonds. The van der Waals surface area contributed by atoms with E-state index in [-0.39, 0.29) is 24.2 Å². The molecule has 0 spiro atoms. The van der Waals surface area contributed by atoms with E-state index in [1.54, 1.807) is 19.1 Å². The van der Waals surface area contributed by atoms with Crippen molar-refractivity contribution in [1.82, 2.24) is 10.2 Å². The molecule has 0 aromatic heterocycles. The second-order valence-electron chi connectivity index (χ2n) is 7.66. The van der Waals surface area contributed by atoms with Crippen molar-refractivity contribution in [1.29, 1.82) is 0 Å². The van der Waals surface area contributed by atoms with Crippen LogP contribution >= 0.6 is 0 Å². The van der Waals surface area contributed by atoms with Gasteiger partial charge in [0.05, 0.1) is 5.92 Å². The number of nitrogens with zero attached hydrogens (tertiary/aromatic N) is 2. The Labute approximate surface area is 166 Å². The Kier molecular flexibility index (Phi) is 7.77. The standard InChI is InChI=1S/C20H32N4O4/c1-4-13(11-16(21)22-3)10-15-17(19(26)27)24(18(15)25)20(28)23-12(2)14-8-6-5-7-9-14/h4,11-12,14-15,17,20,23,28H,3,5-10,21H2,1-2H3,(H,26,27)/b13-4-,16-11-/t12-,15-,17+,20-/m1/s1. The molecule has 0 unspecified atom stereocenters. The topological polar surface area (TPSA) is 128 Å². The Morgan fingerprint density at radius 3 is 2.61 bits per heavy atom. The maximum atomic E-state index is 12.6. The molecule has 8 nitrogen and oxygen atoms in total. The van der Waals surface area contributed by atoms with Gasteiger partial charge in [0.2, 0.25) is 5.91 Å².